The predicted octanol–water partition coefficient (Wildman–Crippen LogP) is 3.79. The van der Waals surface area contributed by atoms with Crippen LogP contribution in [0.3, 0.4) is 0 Å². The first-order valence-corrected chi connectivity index (χ1v) is 7.82. The van der Waals surface area contributed by atoms with Crippen LogP contribution in [-0.2, 0) is 11.2 Å². The van der Waals surface area contributed by atoms with Gasteiger partial charge in [-0.2, -0.15) is 0 Å². The average molecular weight is 279 g/mol. The monoisotopic (exact) mass is 279 g/mol. The average Bonchev–Trinajstić information content (AvgIpc) is 2.92. The number of nitrogens with one attached hydrogen (secondary N) is 1. The van der Waals surface area contributed by atoms with Crippen LogP contribution in [0.4, 0.5) is 0 Å². The molecule has 20 heavy (non-hydrogen) atoms. The molecule has 0 saturated heterocycles. The normalized spacial score (nSPS) is 22.6. The number of hydrogen-bond acceptors (Lipinski definition) is 3. The summed E-state index contributed by atoms with van der Waals surface area (Å²) in [5, 5.41) is 3.62. The largest absolute Gasteiger partial charge is 0.469 e. The maximum atomic E-state index is 6.03. The van der Waals surface area contributed by atoms with Gasteiger partial charge in [-0.1, -0.05) is 20.8 Å². The van der Waals surface area contributed by atoms with Crippen LogP contribution in [0.25, 0.3) is 0 Å². The van der Waals surface area contributed by atoms with E-state index < -0.39 is 0 Å². The zero-order valence-corrected chi connectivity index (χ0v) is 13.4. The van der Waals surface area contributed by atoms with Crippen molar-refractivity contribution in [1.82, 2.24) is 5.32 Å². The van der Waals surface area contributed by atoms with Crippen molar-refractivity contribution in [2.24, 2.45) is 5.41 Å². The summed E-state index contributed by atoms with van der Waals surface area (Å²) in [6.45, 7) is 7.84. The second kappa shape index (κ2) is 6.31. The van der Waals surface area contributed by atoms with Crippen LogP contribution in [0.2, 0.25) is 0 Å². The zero-order valence-electron chi connectivity index (χ0n) is 13.4. The Kier molecular flexibility index (Phi) is 4.92. The Hall–Kier alpha value is -0.800. The lowest BCUT2D eigenvalue weighted by Gasteiger charge is -2.47. The summed E-state index contributed by atoms with van der Waals surface area (Å²) >= 11 is 0. The summed E-state index contributed by atoms with van der Waals surface area (Å²) in [6.07, 6.45) is 7.34. The molecule has 1 unspecified atom stereocenters. The third kappa shape index (κ3) is 3.44. The molecule has 3 heteroatoms. The van der Waals surface area contributed by atoms with Gasteiger partial charge < -0.3 is 14.5 Å². The van der Waals surface area contributed by atoms with E-state index in [1.807, 2.05) is 13.2 Å². The second-order valence-corrected chi connectivity index (χ2v) is 6.83. The van der Waals surface area contributed by atoms with Crippen LogP contribution in [0.15, 0.2) is 22.8 Å². The van der Waals surface area contributed by atoms with Crippen LogP contribution >= 0.6 is 0 Å². The van der Waals surface area contributed by atoms with E-state index in [9.17, 15) is 0 Å². The number of rotatable bonds is 6. The lowest BCUT2D eigenvalue weighted by Crippen LogP contribution is -2.55. The molecule has 0 spiro atoms. The van der Waals surface area contributed by atoms with Crippen molar-refractivity contribution in [3.63, 3.8) is 0 Å². The molecule has 1 atom stereocenters. The summed E-state index contributed by atoms with van der Waals surface area (Å²) < 4.78 is 11.6. The van der Waals surface area contributed by atoms with E-state index in [0.717, 1.165) is 31.6 Å². The standard InChI is InChI=1S/C17H29NO2/c1-5-18-15(13-14-7-6-12-20-14)17(19-4)10-8-16(2,3)9-11-17/h6-7,12,15,18H,5,8-11,13H2,1-4H3. The number of methoxy groups -OCH3 is 1. The molecule has 2 rings (SSSR count). The fraction of sp³-hybridized carbons (Fsp3) is 0.765. The Morgan fingerprint density at radius 3 is 2.50 bits per heavy atom. The Bertz CT molecular complexity index is 387. The van der Waals surface area contributed by atoms with Crippen molar-refractivity contribution in [2.45, 2.75) is 64.5 Å². The van der Waals surface area contributed by atoms with Gasteiger partial charge in [-0.05, 0) is 49.8 Å². The molecule has 1 heterocycles. The molecule has 1 saturated carbocycles. The first kappa shape index (κ1) is 15.6. The molecule has 1 aliphatic carbocycles. The van der Waals surface area contributed by atoms with Gasteiger partial charge in [-0.15, -0.1) is 0 Å². The molecule has 0 bridgehead atoms. The van der Waals surface area contributed by atoms with Gasteiger partial charge in [-0.25, -0.2) is 0 Å². The molecule has 1 N–H and O–H groups in total. The third-order valence-corrected chi connectivity index (χ3v) is 4.93. The minimum Gasteiger partial charge on any atom is -0.469 e. The molecule has 1 aliphatic rings. The van der Waals surface area contributed by atoms with E-state index in [1.165, 1.54) is 12.8 Å². The van der Waals surface area contributed by atoms with Gasteiger partial charge >= 0.3 is 0 Å². The Morgan fingerprint density at radius 1 is 1.30 bits per heavy atom. The summed E-state index contributed by atoms with van der Waals surface area (Å²) in [6, 6.07) is 4.34. The molecule has 0 amide bonds. The number of furan rings is 1. The van der Waals surface area contributed by atoms with E-state index in [-0.39, 0.29) is 5.60 Å². The highest BCUT2D eigenvalue weighted by Gasteiger charge is 2.44. The zero-order chi connectivity index (χ0) is 14.6. The second-order valence-electron chi connectivity index (χ2n) is 6.83. The van der Waals surface area contributed by atoms with Crippen molar-refractivity contribution < 1.29 is 9.15 Å². The molecule has 1 aromatic heterocycles. The lowest BCUT2D eigenvalue weighted by atomic mass is 9.68. The molecular weight excluding hydrogens is 250 g/mol. The Morgan fingerprint density at radius 2 is 2.00 bits per heavy atom. The van der Waals surface area contributed by atoms with Crippen molar-refractivity contribution in [3.05, 3.63) is 24.2 Å². The van der Waals surface area contributed by atoms with Crippen molar-refractivity contribution in [1.29, 1.82) is 0 Å². The number of hydrogen-bond donors (Lipinski definition) is 1. The van der Waals surface area contributed by atoms with E-state index in [1.54, 1.807) is 6.26 Å². The van der Waals surface area contributed by atoms with E-state index in [0.29, 0.717) is 11.5 Å². The van der Waals surface area contributed by atoms with Crippen molar-refractivity contribution in [3.8, 4) is 0 Å². The molecule has 0 radical (unpaired) electrons. The van der Waals surface area contributed by atoms with Crippen LogP contribution in [0.1, 0.15) is 52.2 Å². The smallest absolute Gasteiger partial charge is 0.105 e. The summed E-state index contributed by atoms with van der Waals surface area (Å²) in [7, 11) is 1.87. The topological polar surface area (TPSA) is 34.4 Å². The highest BCUT2D eigenvalue weighted by Crippen LogP contribution is 2.43. The molecule has 0 aromatic carbocycles. The summed E-state index contributed by atoms with van der Waals surface area (Å²) in [4.78, 5) is 0. The van der Waals surface area contributed by atoms with Gasteiger partial charge in [0.25, 0.3) is 0 Å². The quantitative estimate of drug-likeness (QED) is 0.860. The molecule has 0 aliphatic heterocycles. The molecule has 3 nitrogen and oxygen atoms in total. The fourth-order valence-corrected chi connectivity index (χ4v) is 3.37. The van der Waals surface area contributed by atoms with Gasteiger partial charge in [-0.3, -0.25) is 0 Å². The van der Waals surface area contributed by atoms with Gasteiger partial charge in [0.05, 0.1) is 11.9 Å². The predicted molar refractivity (Wildman–Crippen MR) is 81.9 cm³/mol. The highest BCUT2D eigenvalue weighted by atomic mass is 16.5. The van der Waals surface area contributed by atoms with Crippen molar-refractivity contribution in [2.75, 3.05) is 13.7 Å². The Balaban J connectivity index is 2.12. The van der Waals surface area contributed by atoms with Gasteiger partial charge in [0.1, 0.15) is 5.76 Å². The van der Waals surface area contributed by atoms with Crippen LogP contribution in [0.5, 0.6) is 0 Å². The first-order valence-electron chi connectivity index (χ1n) is 7.82. The Labute approximate surface area is 123 Å². The fourth-order valence-electron chi connectivity index (χ4n) is 3.37. The van der Waals surface area contributed by atoms with Crippen LogP contribution in [0, 0.1) is 5.41 Å². The molecular formula is C17H29NO2. The van der Waals surface area contributed by atoms with E-state index >= 15 is 0 Å². The number of ether oxygens (including phenoxy) is 1. The van der Waals surface area contributed by atoms with E-state index in [2.05, 4.69) is 32.2 Å². The van der Waals surface area contributed by atoms with Crippen LogP contribution < -0.4 is 5.32 Å². The third-order valence-electron chi connectivity index (χ3n) is 4.93. The SMILES string of the molecule is CCNC(Cc1ccco1)C1(OC)CCC(C)(C)CC1. The van der Waals surface area contributed by atoms with Gasteiger partial charge in [0, 0.05) is 19.6 Å². The van der Waals surface area contributed by atoms with Gasteiger partial charge in [0.15, 0.2) is 0 Å². The van der Waals surface area contributed by atoms with Gasteiger partial charge in [0.2, 0.25) is 0 Å². The minimum absolute atomic E-state index is 0.0572. The minimum atomic E-state index is -0.0572. The first-order chi connectivity index (χ1) is 9.51. The number of likely N-dealkylation sites (N-methyl/N-ethyl adjacent to an activating group) is 1. The molecule has 1 fully saturated rings. The molecule has 114 valence electrons. The highest BCUT2D eigenvalue weighted by molar-refractivity contribution is 5.07. The van der Waals surface area contributed by atoms with Crippen molar-refractivity contribution >= 4 is 0 Å². The van der Waals surface area contributed by atoms with Crippen LogP contribution in [-0.4, -0.2) is 25.3 Å². The summed E-state index contributed by atoms with van der Waals surface area (Å²) in [5.74, 6) is 1.04. The molecule has 1 aromatic rings. The maximum Gasteiger partial charge on any atom is 0.105 e. The summed E-state index contributed by atoms with van der Waals surface area (Å²) in [5.41, 5.74) is 0.391. The maximum absolute atomic E-state index is 6.03. The lowest BCUT2D eigenvalue weighted by molar-refractivity contribution is -0.0866. The van der Waals surface area contributed by atoms with E-state index in [4.69, 9.17) is 9.15 Å².